The monoisotopic (exact) mass is 1790 g/mol. The van der Waals surface area contributed by atoms with Gasteiger partial charge in [0.2, 0.25) is 88.6 Å². The fourth-order valence-corrected chi connectivity index (χ4v) is 13.5. The first-order valence-electron chi connectivity index (χ1n) is 37.8. The van der Waals surface area contributed by atoms with Gasteiger partial charge < -0.3 is 111 Å². The molecule has 0 radical (unpaired) electrons. The van der Waals surface area contributed by atoms with Crippen LogP contribution in [0.25, 0.3) is 21.8 Å². The van der Waals surface area contributed by atoms with Crippen molar-refractivity contribution in [2.24, 2.45) is 11.7 Å². The fourth-order valence-electron chi connectivity index (χ4n) is 11.9. The second kappa shape index (κ2) is 49.6. The normalized spacial score (nSPS) is 14.6. The van der Waals surface area contributed by atoms with E-state index in [9.17, 15) is 96.8 Å². The van der Waals surface area contributed by atoms with Gasteiger partial charge in [0.25, 0.3) is 0 Å². The number of thiol groups is 6. The van der Waals surface area contributed by atoms with Crippen LogP contribution in [0.3, 0.4) is 0 Å². The summed E-state index contributed by atoms with van der Waals surface area (Å²) in [5.74, 6) is -20.7. The largest absolute Gasteiger partial charge is 0.481 e. The summed E-state index contributed by atoms with van der Waals surface area (Å²) >= 11 is 25.2. The number of aromatic nitrogens is 2. The molecule has 2 aromatic heterocycles. The molecule has 0 aliphatic rings. The predicted octanol–water partition coefficient (Wildman–Crippen LogP) is -4.41. The molecule has 0 bridgehead atoms. The molecule has 4 aromatic carbocycles. The highest BCUT2D eigenvalue weighted by Crippen LogP contribution is 2.22. The summed E-state index contributed by atoms with van der Waals surface area (Å²) in [4.78, 5) is 236. The van der Waals surface area contributed by atoms with Gasteiger partial charge in [0, 0.05) is 88.0 Å². The Morgan fingerprint density at radius 2 is 0.661 bits per heavy atom. The topological polar surface area (TPSA) is 589 Å². The number of fused-ring (bicyclic) bond motifs is 2. The predicted molar refractivity (Wildman–Crippen MR) is 464 cm³/mol. The highest BCUT2D eigenvalue weighted by atomic mass is 32.1. The first-order valence-corrected chi connectivity index (χ1v) is 41.6. The Hall–Kier alpha value is -11.0. The quantitative estimate of drug-likeness (QED) is 0.0160. The number of nitrogens with one attached hydrogen (secondary N) is 17. The maximum absolute atomic E-state index is 14.4. The van der Waals surface area contributed by atoms with Gasteiger partial charge in [-0.05, 0) is 53.6 Å². The number of aliphatic hydroxyl groups excluding tert-OH is 1. The first kappa shape index (κ1) is 98.8. The smallest absolute Gasteiger partial charge is 0.326 e. The van der Waals surface area contributed by atoms with Gasteiger partial charge in [-0.3, -0.25) is 76.7 Å². The van der Waals surface area contributed by atoms with Gasteiger partial charge in [-0.15, -0.1) is 0 Å². The highest BCUT2D eigenvalue weighted by molar-refractivity contribution is 7.81. The van der Waals surface area contributed by atoms with Crippen LogP contribution in [-0.2, 0) is 107 Å². The lowest BCUT2D eigenvalue weighted by molar-refractivity contribution is -0.143. The van der Waals surface area contributed by atoms with E-state index in [0.717, 1.165) is 16.5 Å². The van der Waals surface area contributed by atoms with Gasteiger partial charge in [-0.1, -0.05) is 111 Å². The number of aromatic amines is 2. The van der Waals surface area contributed by atoms with E-state index >= 15 is 0 Å². The highest BCUT2D eigenvalue weighted by Gasteiger charge is 2.38. The lowest BCUT2D eigenvalue weighted by Gasteiger charge is -2.26. The SMILES string of the molecule is CC(C)[C@H](NC(=O)[C@H](Cc1c[nH]c2ccccc12)NC(=O)CNC(=O)[C@H](Cc1ccccc1)NC(=O)[C@H](CS)NC(=O)[C@H](CC(=O)O)NC(=O)[C@H](CS)NC(=O)CNC(=O)[C@H](CS)NC(=O)[C@H](Cc1c[nH]c2ccccc12)NC(=O)[C@H](CS)NC(=O)[C@H](CS)NC(=O)[C@H](CO)NC(=O)[C@H](C)NC(=O)[C@H](CS)NC(=O)[C@@H](N)Cc1ccccc1)C(=O)O. The Kier molecular flexibility index (Phi) is 40.5. The van der Waals surface area contributed by atoms with E-state index in [2.05, 4.69) is 165 Å². The molecule has 22 N–H and O–H groups in total. The van der Waals surface area contributed by atoms with Gasteiger partial charge in [-0.25, -0.2) is 4.79 Å². The molecule has 0 saturated heterocycles. The third kappa shape index (κ3) is 30.9. The third-order valence-corrected chi connectivity index (χ3v) is 20.8. The maximum Gasteiger partial charge on any atom is 0.326 e. The molecular formula is C77H100N18O20S6. The van der Waals surface area contributed by atoms with Crippen molar-refractivity contribution >= 4 is 198 Å². The molecule has 38 nitrogen and oxygen atoms in total. The molecule has 0 aliphatic carbocycles. The number of H-pyrrole nitrogens is 2. The Bertz CT molecular complexity index is 4650. The van der Waals surface area contributed by atoms with E-state index in [0.29, 0.717) is 27.6 Å². The van der Waals surface area contributed by atoms with Gasteiger partial charge in [0.15, 0.2) is 0 Å². The molecule has 0 fully saturated rings. The van der Waals surface area contributed by atoms with Crippen molar-refractivity contribution in [2.45, 2.75) is 137 Å². The molecule has 6 rings (SSSR count). The molecule has 14 atom stereocenters. The van der Waals surface area contributed by atoms with E-state index in [4.69, 9.17) is 5.73 Å². The lowest BCUT2D eigenvalue weighted by atomic mass is 10.0. The lowest BCUT2D eigenvalue weighted by Crippen LogP contribution is -2.61. The van der Waals surface area contributed by atoms with Gasteiger partial charge >= 0.3 is 11.9 Å². The minimum absolute atomic E-state index is 0.107. The number of amides is 15. The maximum atomic E-state index is 14.4. The van der Waals surface area contributed by atoms with Crippen molar-refractivity contribution in [3.8, 4) is 0 Å². The zero-order valence-corrected chi connectivity index (χ0v) is 71.0. The van der Waals surface area contributed by atoms with Gasteiger partial charge in [0.05, 0.1) is 32.2 Å². The van der Waals surface area contributed by atoms with E-state index in [-0.39, 0.29) is 31.4 Å². The summed E-state index contributed by atoms with van der Waals surface area (Å²) in [6.45, 7) is 1.76. The van der Waals surface area contributed by atoms with E-state index in [1.54, 1.807) is 135 Å². The average molecular weight is 1790 g/mol. The average Bonchev–Trinajstić information content (AvgIpc) is 1.69. The third-order valence-electron chi connectivity index (χ3n) is 18.6. The number of hydrogen-bond donors (Lipinski definition) is 27. The number of hydrogen-bond acceptors (Lipinski definition) is 25. The standard InChI is InChI=1S/C77H100N18O20S6/c1-38(2)63(77(114)115)95-70(107)50(24-42-27-79-47-20-12-10-18-44(42)47)84-60(97)29-81-66(103)49(23-41-16-8-5-9-17-41)86-74(111)57(35-119)92-69(106)52(26-62(99)100)88-73(110)55(33-117)85-61(98)30-82-67(104)54(32-116)91-68(105)51(25-43-28-80-48-21-13-11-19-45(43)48)87-75(112)58(36-120)94-76(113)59(37-121)93-71(108)53(31-96)89-64(101)39(3)83-72(109)56(34-118)90-65(102)46(78)22-40-14-6-4-7-15-40/h4-21,27-28,38-39,46,49-59,63,79-80,96,116-121H,22-26,29-37,78H2,1-3H3,(H,81,103)(H,82,104)(H,83,109)(H,84,97)(H,85,98)(H,86,111)(H,87,112)(H,88,110)(H,89,101)(H,90,102)(H,91,105)(H,92,106)(H,93,108)(H,94,113)(H,95,107)(H,99,100)(H,114,115)/t39-,46-,49-,50-,51-,52-,53-,54-,55-,56-,57-,58-,59-,63-/m0/s1. The Morgan fingerprint density at radius 3 is 1.08 bits per heavy atom. The van der Waals surface area contributed by atoms with Crippen LogP contribution in [0.5, 0.6) is 0 Å². The van der Waals surface area contributed by atoms with Crippen molar-refractivity contribution in [2.75, 3.05) is 54.2 Å². The number of benzene rings is 4. The minimum atomic E-state index is -1.96. The van der Waals surface area contributed by atoms with E-state index in [1.165, 1.54) is 6.92 Å². The number of nitrogens with two attached hydrogens (primary N) is 1. The molecular weight excluding hydrogens is 1690 g/mol. The number of para-hydroxylation sites is 2. The van der Waals surface area contributed by atoms with Crippen LogP contribution in [0, 0.1) is 5.92 Å². The molecule has 2 heterocycles. The van der Waals surface area contributed by atoms with E-state index in [1.807, 2.05) is 0 Å². The van der Waals surface area contributed by atoms with E-state index < -0.39 is 246 Å². The van der Waals surface area contributed by atoms with Gasteiger partial charge in [-0.2, -0.15) is 75.8 Å². The summed E-state index contributed by atoms with van der Waals surface area (Å²) in [5.41, 5.74) is 9.81. The van der Waals surface area contributed by atoms with Crippen molar-refractivity contribution < 1.29 is 96.8 Å². The molecule has 0 aliphatic heterocycles. The molecule has 6 aromatic rings. The van der Waals surface area contributed by atoms with Crippen molar-refractivity contribution in [1.82, 2.24) is 89.7 Å². The Balaban J connectivity index is 1.04. The van der Waals surface area contributed by atoms with Crippen LogP contribution < -0.4 is 85.5 Å². The number of aliphatic carboxylic acids is 2. The summed E-state index contributed by atoms with van der Waals surface area (Å²) in [6, 6.07) is 10.2. The second-order valence-corrected chi connectivity index (χ2v) is 30.2. The Labute approximate surface area is 727 Å². The molecule has 121 heavy (non-hydrogen) atoms. The molecule has 15 amide bonds. The fraction of sp³-hybridized carbons (Fsp3) is 0.416. The summed E-state index contributed by atoms with van der Waals surface area (Å²) in [6.07, 6.45) is 1.71. The van der Waals surface area contributed by atoms with Crippen LogP contribution in [0.1, 0.15) is 49.4 Å². The zero-order chi connectivity index (χ0) is 89.2. The number of carboxylic acids is 2. The van der Waals surface area contributed by atoms with Crippen LogP contribution in [0.4, 0.5) is 0 Å². The van der Waals surface area contributed by atoms with Crippen LogP contribution in [0.2, 0.25) is 0 Å². The van der Waals surface area contributed by atoms with Crippen molar-refractivity contribution in [3.05, 3.63) is 144 Å². The molecule has 0 unspecified atom stereocenters. The molecule has 0 spiro atoms. The summed E-state index contributed by atoms with van der Waals surface area (Å²) in [7, 11) is 0. The number of rotatable bonds is 49. The number of aliphatic hydroxyl groups is 1. The van der Waals surface area contributed by atoms with Crippen LogP contribution >= 0.6 is 75.8 Å². The number of carboxylic acid groups (broad SMARTS) is 2. The minimum Gasteiger partial charge on any atom is -0.481 e. The molecule has 44 heteroatoms. The van der Waals surface area contributed by atoms with Crippen LogP contribution in [0.15, 0.2) is 122 Å². The zero-order valence-electron chi connectivity index (χ0n) is 65.6. The number of carbonyl (C=O) groups is 17. The van der Waals surface area contributed by atoms with Crippen molar-refractivity contribution in [3.63, 3.8) is 0 Å². The van der Waals surface area contributed by atoms with Crippen LogP contribution in [-0.4, -0.2) is 265 Å². The second-order valence-electron chi connectivity index (χ2n) is 28.0. The summed E-state index contributed by atoms with van der Waals surface area (Å²) < 4.78 is 0. The molecule has 654 valence electrons. The van der Waals surface area contributed by atoms with Gasteiger partial charge in [0.1, 0.15) is 78.5 Å². The summed E-state index contributed by atoms with van der Waals surface area (Å²) in [5, 5.41) is 67.4. The van der Waals surface area contributed by atoms with Crippen molar-refractivity contribution in [1.29, 1.82) is 0 Å². The first-order chi connectivity index (χ1) is 57.6. The number of carbonyl (C=O) groups excluding carboxylic acids is 15. The molecule has 0 saturated carbocycles. The Morgan fingerprint density at radius 1 is 0.347 bits per heavy atom.